The molecular weight excluding hydrogens is 221 g/mol. The molecule has 1 aromatic carbocycles. The van der Waals surface area contributed by atoms with Gasteiger partial charge in [0.25, 0.3) is 0 Å². The van der Waals surface area contributed by atoms with Crippen LogP contribution in [0.25, 0.3) is 0 Å². The van der Waals surface area contributed by atoms with Gasteiger partial charge in [-0.15, -0.1) is 0 Å². The average molecular weight is 231 g/mol. The Labute approximate surface area is 97.5 Å². The van der Waals surface area contributed by atoms with Crippen LogP contribution in [-0.4, -0.2) is 11.0 Å². The van der Waals surface area contributed by atoms with Gasteiger partial charge in [-0.25, -0.2) is 14.2 Å². The second-order valence-corrected chi connectivity index (χ2v) is 3.27. The van der Waals surface area contributed by atoms with Gasteiger partial charge >= 0.3 is 6.03 Å². The first-order valence-corrected chi connectivity index (χ1v) is 4.99. The van der Waals surface area contributed by atoms with E-state index in [9.17, 15) is 9.18 Å². The lowest BCUT2D eigenvalue weighted by Crippen LogP contribution is -2.20. The average Bonchev–Trinajstić information content (AvgIpc) is 2.33. The van der Waals surface area contributed by atoms with Crippen LogP contribution in [0.2, 0.25) is 0 Å². The summed E-state index contributed by atoms with van der Waals surface area (Å²) in [5.74, 6) is -0.0787. The molecule has 0 fully saturated rings. The van der Waals surface area contributed by atoms with Gasteiger partial charge in [0.15, 0.2) is 0 Å². The summed E-state index contributed by atoms with van der Waals surface area (Å²) in [7, 11) is 0. The zero-order chi connectivity index (χ0) is 12.1. The minimum atomic E-state index is -0.534. The number of halogens is 1. The molecule has 1 heterocycles. The molecule has 0 atom stereocenters. The number of amides is 2. The molecule has 0 bridgehead atoms. The Morgan fingerprint density at radius 2 is 1.82 bits per heavy atom. The van der Waals surface area contributed by atoms with Crippen molar-refractivity contribution >= 4 is 17.5 Å². The molecule has 0 saturated carbocycles. The molecular formula is C12H10FN3O. The van der Waals surface area contributed by atoms with Crippen molar-refractivity contribution in [1.29, 1.82) is 0 Å². The predicted molar refractivity (Wildman–Crippen MR) is 63.3 cm³/mol. The number of nitrogens with one attached hydrogen (secondary N) is 2. The highest BCUT2D eigenvalue weighted by Crippen LogP contribution is 2.12. The number of benzene rings is 1. The number of aromatic nitrogens is 1. The Bertz CT molecular complexity index is 516. The third kappa shape index (κ3) is 3.01. The first kappa shape index (κ1) is 11.1. The largest absolute Gasteiger partial charge is 0.324 e. The summed E-state index contributed by atoms with van der Waals surface area (Å²) in [5.41, 5.74) is 0.126. The Balaban J connectivity index is 2.01. The molecule has 2 rings (SSSR count). The van der Waals surface area contributed by atoms with Crippen LogP contribution >= 0.6 is 0 Å². The Hall–Kier alpha value is -2.43. The van der Waals surface area contributed by atoms with Crippen LogP contribution in [0, 0.1) is 5.82 Å². The van der Waals surface area contributed by atoms with Crippen molar-refractivity contribution in [3.8, 4) is 0 Å². The van der Waals surface area contributed by atoms with Crippen LogP contribution in [0.1, 0.15) is 0 Å². The van der Waals surface area contributed by atoms with Crippen molar-refractivity contribution in [3.05, 3.63) is 54.5 Å². The summed E-state index contributed by atoms with van der Waals surface area (Å²) >= 11 is 0. The highest BCUT2D eigenvalue weighted by Gasteiger charge is 2.06. The molecule has 2 amide bonds. The predicted octanol–water partition coefficient (Wildman–Crippen LogP) is 2.86. The first-order chi connectivity index (χ1) is 8.25. The van der Waals surface area contributed by atoms with Crippen LogP contribution in [0.4, 0.5) is 20.7 Å². The number of pyridine rings is 1. The lowest BCUT2D eigenvalue weighted by Gasteiger charge is -2.07. The molecule has 0 spiro atoms. The number of hydrogen-bond acceptors (Lipinski definition) is 2. The summed E-state index contributed by atoms with van der Waals surface area (Å²) in [5, 5.41) is 4.88. The molecule has 2 N–H and O–H groups in total. The Morgan fingerprint density at radius 3 is 2.53 bits per heavy atom. The lowest BCUT2D eigenvalue weighted by atomic mass is 10.3. The van der Waals surface area contributed by atoms with Gasteiger partial charge in [0.2, 0.25) is 0 Å². The van der Waals surface area contributed by atoms with E-state index < -0.39 is 11.8 Å². The lowest BCUT2D eigenvalue weighted by molar-refractivity contribution is 0.262. The fourth-order valence-corrected chi connectivity index (χ4v) is 1.27. The zero-order valence-corrected chi connectivity index (χ0v) is 8.85. The summed E-state index contributed by atoms with van der Waals surface area (Å²) in [4.78, 5) is 15.4. The van der Waals surface area contributed by atoms with E-state index in [4.69, 9.17) is 0 Å². The summed E-state index contributed by atoms with van der Waals surface area (Å²) in [6, 6.07) is 10.5. The van der Waals surface area contributed by atoms with E-state index in [-0.39, 0.29) is 5.69 Å². The number of rotatable bonds is 2. The van der Waals surface area contributed by atoms with Gasteiger partial charge < -0.3 is 5.32 Å². The maximum Gasteiger partial charge on any atom is 0.324 e. The van der Waals surface area contributed by atoms with E-state index in [2.05, 4.69) is 15.6 Å². The van der Waals surface area contributed by atoms with Gasteiger partial charge in [-0.1, -0.05) is 18.2 Å². The van der Waals surface area contributed by atoms with Crippen LogP contribution in [0.15, 0.2) is 48.7 Å². The molecule has 0 aliphatic heterocycles. The molecule has 17 heavy (non-hydrogen) atoms. The monoisotopic (exact) mass is 231 g/mol. The van der Waals surface area contributed by atoms with Crippen molar-refractivity contribution in [3.63, 3.8) is 0 Å². The molecule has 0 saturated heterocycles. The van der Waals surface area contributed by atoms with Crippen molar-refractivity contribution < 1.29 is 9.18 Å². The molecule has 5 heteroatoms. The van der Waals surface area contributed by atoms with Gasteiger partial charge in [-0.3, -0.25) is 5.32 Å². The minimum absolute atomic E-state index is 0.126. The van der Waals surface area contributed by atoms with Gasteiger partial charge in [0, 0.05) is 6.20 Å². The third-order valence-corrected chi connectivity index (χ3v) is 2.03. The maximum absolute atomic E-state index is 13.2. The van der Waals surface area contributed by atoms with Crippen molar-refractivity contribution in [1.82, 2.24) is 4.98 Å². The van der Waals surface area contributed by atoms with Crippen LogP contribution in [0.5, 0.6) is 0 Å². The van der Waals surface area contributed by atoms with Crippen LogP contribution in [-0.2, 0) is 0 Å². The number of para-hydroxylation sites is 1. The standard InChI is InChI=1S/C12H10FN3O/c13-9-5-1-2-6-10(9)15-12(17)16-11-7-3-4-8-14-11/h1-8H,(H2,14,15,16,17). The number of urea groups is 1. The molecule has 2 aromatic rings. The Morgan fingerprint density at radius 1 is 1.06 bits per heavy atom. The van der Waals surface area contributed by atoms with Gasteiger partial charge in [-0.05, 0) is 24.3 Å². The Kier molecular flexibility index (Phi) is 3.30. The second kappa shape index (κ2) is 5.07. The van der Waals surface area contributed by atoms with Crippen LogP contribution in [0.3, 0.4) is 0 Å². The normalized spacial score (nSPS) is 9.71. The number of anilines is 2. The van der Waals surface area contributed by atoms with Gasteiger partial charge in [0.1, 0.15) is 11.6 Å². The minimum Gasteiger partial charge on any atom is -0.305 e. The summed E-state index contributed by atoms with van der Waals surface area (Å²) in [6.07, 6.45) is 1.55. The fraction of sp³-hybridized carbons (Fsp3) is 0. The SMILES string of the molecule is O=C(Nc1ccccn1)Nc1ccccc1F. The molecule has 1 aromatic heterocycles. The van der Waals surface area contributed by atoms with E-state index in [0.29, 0.717) is 5.82 Å². The fourth-order valence-electron chi connectivity index (χ4n) is 1.27. The van der Waals surface area contributed by atoms with E-state index in [0.717, 1.165) is 0 Å². The van der Waals surface area contributed by atoms with E-state index in [1.54, 1.807) is 36.5 Å². The molecule has 0 aliphatic carbocycles. The number of hydrogen-bond donors (Lipinski definition) is 2. The highest BCUT2D eigenvalue weighted by atomic mass is 19.1. The van der Waals surface area contributed by atoms with Crippen molar-refractivity contribution in [2.45, 2.75) is 0 Å². The molecule has 0 aliphatic rings. The number of carbonyl (C=O) groups excluding carboxylic acids is 1. The molecule has 0 radical (unpaired) electrons. The topological polar surface area (TPSA) is 54.0 Å². The third-order valence-electron chi connectivity index (χ3n) is 2.03. The number of nitrogens with zero attached hydrogens (tertiary/aromatic N) is 1. The quantitative estimate of drug-likeness (QED) is 0.834. The molecule has 4 nitrogen and oxygen atoms in total. The summed E-state index contributed by atoms with van der Waals surface area (Å²) < 4.78 is 13.2. The smallest absolute Gasteiger partial charge is 0.305 e. The highest BCUT2D eigenvalue weighted by molar-refractivity contribution is 5.99. The van der Waals surface area contributed by atoms with Crippen LogP contribution < -0.4 is 10.6 Å². The van der Waals surface area contributed by atoms with Crippen molar-refractivity contribution in [2.24, 2.45) is 0 Å². The molecule has 86 valence electrons. The number of carbonyl (C=O) groups is 1. The zero-order valence-electron chi connectivity index (χ0n) is 8.85. The van der Waals surface area contributed by atoms with Gasteiger partial charge in [-0.2, -0.15) is 0 Å². The van der Waals surface area contributed by atoms with Gasteiger partial charge in [0.05, 0.1) is 5.69 Å². The first-order valence-electron chi connectivity index (χ1n) is 4.99. The molecule has 0 unspecified atom stereocenters. The summed E-state index contributed by atoms with van der Waals surface area (Å²) in [6.45, 7) is 0. The van der Waals surface area contributed by atoms with E-state index in [1.165, 1.54) is 12.1 Å². The second-order valence-electron chi connectivity index (χ2n) is 3.27. The maximum atomic E-state index is 13.2. The van der Waals surface area contributed by atoms with Crippen molar-refractivity contribution in [2.75, 3.05) is 10.6 Å². The van der Waals surface area contributed by atoms with E-state index >= 15 is 0 Å². The van der Waals surface area contributed by atoms with E-state index in [1.807, 2.05) is 0 Å².